The Labute approximate surface area is 207 Å². The Morgan fingerprint density at radius 1 is 1.11 bits per heavy atom. The van der Waals surface area contributed by atoms with Crippen LogP contribution in [0.4, 0.5) is 5.69 Å². The lowest BCUT2D eigenvalue weighted by Crippen LogP contribution is -2.72. The summed E-state index contributed by atoms with van der Waals surface area (Å²) in [5.41, 5.74) is 12.8. The molecule has 1 unspecified atom stereocenters. The van der Waals surface area contributed by atoms with Gasteiger partial charge in [0, 0.05) is 23.6 Å². The second-order valence-corrected chi connectivity index (χ2v) is 8.91. The molecule has 8 heteroatoms. The first-order valence-corrected chi connectivity index (χ1v) is 11.7. The van der Waals surface area contributed by atoms with E-state index < -0.39 is 17.5 Å². The summed E-state index contributed by atoms with van der Waals surface area (Å²) in [5.74, 6) is -0.348. The average molecular weight is 483 g/mol. The Morgan fingerprint density at radius 3 is 2.61 bits per heavy atom. The molecule has 1 aliphatic heterocycles. The number of benzene rings is 2. The minimum atomic E-state index is -1.40. The van der Waals surface area contributed by atoms with Gasteiger partial charge < -0.3 is 19.9 Å². The van der Waals surface area contributed by atoms with Crippen molar-refractivity contribution in [3.8, 4) is 17.0 Å². The molecule has 0 spiro atoms. The summed E-state index contributed by atoms with van der Waals surface area (Å²) < 4.78 is 17.1. The summed E-state index contributed by atoms with van der Waals surface area (Å²) in [6, 6.07) is 13.2. The molecular weight excluding hydrogens is 458 g/mol. The maximum atomic E-state index is 13.2. The van der Waals surface area contributed by atoms with Gasteiger partial charge >= 0.3 is 11.9 Å². The molecule has 3 N–H and O–H groups in total. The summed E-state index contributed by atoms with van der Waals surface area (Å²) in [6.07, 6.45) is 0. The first-order valence-electron chi connectivity index (χ1n) is 11.7. The Morgan fingerprint density at radius 2 is 1.89 bits per heavy atom. The van der Waals surface area contributed by atoms with Crippen LogP contribution in [-0.4, -0.2) is 36.4 Å². The molecule has 1 atom stereocenters. The maximum Gasteiger partial charge on any atom is 0.346 e. The molecule has 0 amide bonds. The van der Waals surface area contributed by atoms with Crippen molar-refractivity contribution in [1.29, 1.82) is 0 Å². The number of nitrogens with one attached hydrogen (secondary N) is 1. The van der Waals surface area contributed by atoms with Gasteiger partial charge in [0.1, 0.15) is 16.9 Å². The molecule has 2 heterocycles. The number of nitrogens with zero attached hydrogens (tertiary/aromatic N) is 1. The van der Waals surface area contributed by atoms with Crippen molar-refractivity contribution in [2.24, 2.45) is 5.73 Å². The quantitative estimate of drug-likeness (QED) is 0.548. The van der Waals surface area contributed by atoms with Crippen LogP contribution in [0.2, 0.25) is 0 Å². The Hall–Kier alpha value is -4.46. The van der Waals surface area contributed by atoms with E-state index in [1.165, 1.54) is 6.92 Å². The summed E-state index contributed by atoms with van der Waals surface area (Å²) in [7, 11) is 1.59. The number of hydrogen-bond donors (Lipinski definition) is 2. The highest BCUT2D eigenvalue weighted by atomic mass is 16.6. The first-order chi connectivity index (χ1) is 17.3. The predicted octanol–water partition coefficient (Wildman–Crippen LogP) is 2.26. The van der Waals surface area contributed by atoms with E-state index in [4.69, 9.17) is 24.9 Å². The largest absolute Gasteiger partial charge is 0.497 e. The minimum absolute atomic E-state index is 0.210. The van der Waals surface area contributed by atoms with E-state index in [-0.39, 0.29) is 6.61 Å². The molecule has 0 saturated carbocycles. The maximum absolute atomic E-state index is 13.2. The van der Waals surface area contributed by atoms with Crippen LogP contribution < -0.4 is 15.5 Å². The average Bonchev–Trinajstić information content (AvgIpc) is 3.29. The number of pyridine rings is 1. The second-order valence-electron chi connectivity index (χ2n) is 8.91. The van der Waals surface area contributed by atoms with Gasteiger partial charge in [-0.2, -0.15) is 0 Å². The Balaban J connectivity index is 1.81. The lowest BCUT2D eigenvalue weighted by molar-refractivity contribution is -0.358. The van der Waals surface area contributed by atoms with E-state index in [1.54, 1.807) is 21.0 Å². The van der Waals surface area contributed by atoms with E-state index >= 15 is 0 Å². The number of hydrogen-bond acceptors (Lipinski definition) is 7. The molecule has 3 aromatic rings. The van der Waals surface area contributed by atoms with Crippen LogP contribution in [0.5, 0.6) is 5.75 Å². The summed E-state index contributed by atoms with van der Waals surface area (Å²) in [5, 5.41) is 0. The van der Waals surface area contributed by atoms with Crippen LogP contribution in [-0.2, 0) is 19.9 Å². The first kappa shape index (κ1) is 22.0. The number of esters is 2. The highest BCUT2D eigenvalue weighted by Gasteiger charge is 2.61. The smallest absolute Gasteiger partial charge is 0.346 e. The van der Waals surface area contributed by atoms with Crippen LogP contribution >= 0.6 is 0 Å². The fourth-order valence-electron chi connectivity index (χ4n) is 5.70. The Bertz CT molecular complexity index is 1590. The number of fused-ring (bicyclic) bond motifs is 7. The van der Waals surface area contributed by atoms with Crippen LogP contribution in [0.25, 0.3) is 17.0 Å². The number of carbonyl (C=O) groups excluding carboxylic acids is 2. The lowest BCUT2D eigenvalue weighted by atomic mass is 9.78. The van der Waals surface area contributed by atoms with E-state index in [9.17, 15) is 9.59 Å². The number of aryl methyl sites for hydroxylation is 1. The normalized spacial score (nSPS) is 18.1. The molecule has 3 aliphatic rings. The third-order valence-corrected chi connectivity index (χ3v) is 6.98. The highest BCUT2D eigenvalue weighted by molar-refractivity contribution is 6.24. The van der Waals surface area contributed by atoms with Gasteiger partial charge in [-0.05, 0) is 32.0 Å². The standard InChI is InChI=1S/C28H23N3O5/c1-5-35-27(33)20-13(2)30-25-17-8-6-7-9-19(17)28(36-14(3)32)21-23(29)18-12-15(34-4)10-11-16(18)24(21)31-26(20)22(25)28/h6-12H,5,29H2,1-4H3/p+1. The topological polar surface area (TPSA) is 115 Å². The molecule has 2 aromatic carbocycles. The van der Waals surface area contributed by atoms with Gasteiger partial charge in [0.15, 0.2) is 5.56 Å². The van der Waals surface area contributed by atoms with Gasteiger partial charge in [0.2, 0.25) is 17.0 Å². The molecule has 8 nitrogen and oxygen atoms in total. The molecule has 36 heavy (non-hydrogen) atoms. The number of methoxy groups -OCH3 is 1. The van der Waals surface area contributed by atoms with E-state index in [1.807, 2.05) is 42.5 Å². The van der Waals surface area contributed by atoms with Gasteiger partial charge in [-0.1, -0.05) is 24.3 Å². The van der Waals surface area contributed by atoms with Gasteiger partial charge in [-0.25, -0.2) is 9.79 Å². The fraction of sp³-hybridized carbons (Fsp3) is 0.214. The van der Waals surface area contributed by atoms with Gasteiger partial charge in [0.25, 0.3) is 0 Å². The second kappa shape index (κ2) is 7.52. The molecule has 2 aliphatic carbocycles. The fourth-order valence-corrected chi connectivity index (χ4v) is 5.70. The molecule has 1 aromatic heterocycles. The number of ether oxygens (including phenoxy) is 3. The minimum Gasteiger partial charge on any atom is -0.497 e. The third kappa shape index (κ3) is 2.64. The third-order valence-electron chi connectivity index (χ3n) is 6.98. The molecule has 0 radical (unpaired) electrons. The predicted molar refractivity (Wildman–Crippen MR) is 132 cm³/mol. The van der Waals surface area contributed by atoms with E-state index in [0.29, 0.717) is 50.9 Å². The van der Waals surface area contributed by atoms with Crippen LogP contribution in [0.1, 0.15) is 52.2 Å². The zero-order valence-electron chi connectivity index (χ0n) is 20.3. The van der Waals surface area contributed by atoms with Crippen molar-refractivity contribution < 1.29 is 28.8 Å². The van der Waals surface area contributed by atoms with E-state index in [2.05, 4.69) is 4.99 Å². The monoisotopic (exact) mass is 482 g/mol. The van der Waals surface area contributed by atoms with Gasteiger partial charge in [0.05, 0.1) is 36.4 Å². The summed E-state index contributed by atoms with van der Waals surface area (Å²) in [6.45, 7) is 5.10. The van der Waals surface area contributed by atoms with Crippen molar-refractivity contribution in [2.45, 2.75) is 26.4 Å². The van der Waals surface area contributed by atoms with Crippen LogP contribution in [0.3, 0.4) is 0 Å². The van der Waals surface area contributed by atoms with Gasteiger partial charge in [-0.15, -0.1) is 0 Å². The summed E-state index contributed by atoms with van der Waals surface area (Å²) >= 11 is 0. The highest BCUT2D eigenvalue weighted by Crippen LogP contribution is 2.59. The van der Waals surface area contributed by atoms with Crippen molar-refractivity contribution in [1.82, 2.24) is 4.98 Å². The molecular formula is C28H24N3O5+. The zero-order chi connectivity index (χ0) is 25.4. The molecule has 0 saturated heterocycles. The van der Waals surface area contributed by atoms with Crippen molar-refractivity contribution in [3.63, 3.8) is 0 Å². The summed E-state index contributed by atoms with van der Waals surface area (Å²) in [4.78, 5) is 34.2. The molecule has 6 rings (SSSR count). The van der Waals surface area contributed by atoms with Crippen molar-refractivity contribution in [2.75, 3.05) is 13.7 Å². The van der Waals surface area contributed by atoms with E-state index in [0.717, 1.165) is 22.3 Å². The van der Waals surface area contributed by atoms with Gasteiger partial charge in [-0.3, -0.25) is 9.78 Å². The van der Waals surface area contributed by atoms with Crippen molar-refractivity contribution in [3.05, 3.63) is 81.5 Å². The van der Waals surface area contributed by atoms with Crippen LogP contribution in [0.15, 0.2) is 48.0 Å². The zero-order valence-corrected chi connectivity index (χ0v) is 20.3. The Kier molecular flexibility index (Phi) is 4.60. The number of carbonyl (C=O) groups is 2. The molecule has 0 fully saturated rings. The van der Waals surface area contributed by atoms with Crippen LogP contribution in [0, 0.1) is 6.92 Å². The number of rotatable bonds is 4. The lowest BCUT2D eigenvalue weighted by Gasteiger charge is -2.34. The number of aromatic nitrogens is 1. The molecule has 180 valence electrons. The SMILES string of the molecule is CCOC(=O)c1c(C)nc2c3c1[NH+]=C1C(=C(N)c4cc(OC)ccc41)C3(OC(C)=O)c1ccccc1-2. The van der Waals surface area contributed by atoms with Crippen molar-refractivity contribution >= 4 is 29.0 Å². The number of nitrogens with two attached hydrogens (primary N) is 1. The molecule has 0 bridgehead atoms.